The number of guanidine groups is 1. The number of amides is 1. The average molecular weight is 380 g/mol. The van der Waals surface area contributed by atoms with E-state index in [0.717, 1.165) is 38.4 Å². The van der Waals surface area contributed by atoms with Crippen molar-refractivity contribution < 1.29 is 4.79 Å². The highest BCUT2D eigenvalue weighted by Crippen LogP contribution is 2.15. The molecule has 0 spiro atoms. The maximum Gasteiger partial charge on any atom is 0.242 e. The summed E-state index contributed by atoms with van der Waals surface area (Å²) < 4.78 is 0. The summed E-state index contributed by atoms with van der Waals surface area (Å²) in [6, 6.07) is 16.1. The normalized spacial score (nSPS) is 14.7. The molecule has 3 rings (SSSR count). The number of anilines is 1. The summed E-state index contributed by atoms with van der Waals surface area (Å²) in [4.78, 5) is 25.6. The Balaban J connectivity index is 1.47. The van der Waals surface area contributed by atoms with Gasteiger partial charge in [-0.25, -0.2) is 4.99 Å². The Kier molecular flexibility index (Phi) is 7.23. The van der Waals surface area contributed by atoms with Crippen LogP contribution in [0.25, 0.3) is 0 Å². The van der Waals surface area contributed by atoms with Crippen molar-refractivity contribution in [3.63, 3.8) is 0 Å². The first-order chi connectivity index (χ1) is 13.8. The van der Waals surface area contributed by atoms with Crippen LogP contribution in [-0.2, 0) is 11.3 Å². The molecule has 1 amide bonds. The number of aliphatic imine (C=N–C) groups is 1. The van der Waals surface area contributed by atoms with Crippen LogP contribution in [0.15, 0.2) is 59.7 Å². The first-order valence-electron chi connectivity index (χ1n) is 9.76. The van der Waals surface area contributed by atoms with Crippen LogP contribution in [-0.4, -0.2) is 61.0 Å². The molecule has 148 valence electrons. The van der Waals surface area contributed by atoms with Crippen molar-refractivity contribution in [3.8, 4) is 0 Å². The minimum absolute atomic E-state index is 0.0937. The monoisotopic (exact) mass is 380 g/mol. The van der Waals surface area contributed by atoms with E-state index in [1.54, 1.807) is 6.20 Å². The van der Waals surface area contributed by atoms with E-state index in [0.29, 0.717) is 12.5 Å². The van der Waals surface area contributed by atoms with E-state index in [1.807, 2.05) is 48.2 Å². The second-order valence-corrected chi connectivity index (χ2v) is 6.57. The molecule has 0 saturated carbocycles. The predicted octanol–water partition coefficient (Wildman–Crippen LogP) is 1.49. The standard InChI is InChI=1S/C21H28N6O/c1-2-22-21(24-16-18-8-6-7-11-23-18)25-17-20(28)27-14-12-26(13-15-27)19-9-4-3-5-10-19/h3-11H,2,12-17H2,1H3,(H2,22,24,25). The van der Waals surface area contributed by atoms with Crippen molar-refractivity contribution in [1.82, 2.24) is 20.5 Å². The van der Waals surface area contributed by atoms with E-state index >= 15 is 0 Å². The van der Waals surface area contributed by atoms with Gasteiger partial charge in [0.15, 0.2) is 5.96 Å². The lowest BCUT2D eigenvalue weighted by Gasteiger charge is -2.36. The molecule has 0 unspecified atom stereocenters. The minimum atomic E-state index is 0.0937. The van der Waals surface area contributed by atoms with Crippen LogP contribution >= 0.6 is 0 Å². The zero-order chi connectivity index (χ0) is 19.6. The number of carbonyl (C=O) groups excluding carboxylic acids is 1. The number of aromatic nitrogens is 1. The molecule has 1 fully saturated rings. The number of rotatable bonds is 6. The van der Waals surface area contributed by atoms with Gasteiger partial charge in [-0.05, 0) is 31.2 Å². The van der Waals surface area contributed by atoms with Crippen molar-refractivity contribution in [2.24, 2.45) is 4.99 Å². The lowest BCUT2D eigenvalue weighted by molar-refractivity contribution is -0.130. The molecule has 0 atom stereocenters. The number of nitrogens with zero attached hydrogens (tertiary/aromatic N) is 4. The highest BCUT2D eigenvalue weighted by molar-refractivity contribution is 5.86. The maximum absolute atomic E-state index is 12.6. The fraction of sp³-hybridized carbons (Fsp3) is 0.381. The van der Waals surface area contributed by atoms with Crippen molar-refractivity contribution in [2.75, 3.05) is 44.2 Å². The number of hydrogen-bond donors (Lipinski definition) is 2. The minimum Gasteiger partial charge on any atom is -0.368 e. The van der Waals surface area contributed by atoms with E-state index in [1.165, 1.54) is 5.69 Å². The number of benzene rings is 1. The van der Waals surface area contributed by atoms with Crippen molar-refractivity contribution >= 4 is 17.6 Å². The van der Waals surface area contributed by atoms with E-state index in [-0.39, 0.29) is 12.5 Å². The van der Waals surface area contributed by atoms with Gasteiger partial charge in [-0.2, -0.15) is 0 Å². The number of piperazine rings is 1. The van der Waals surface area contributed by atoms with Gasteiger partial charge < -0.3 is 20.4 Å². The Bertz CT molecular complexity index is 757. The summed E-state index contributed by atoms with van der Waals surface area (Å²) in [5.74, 6) is 0.723. The van der Waals surface area contributed by atoms with E-state index in [9.17, 15) is 4.79 Å². The van der Waals surface area contributed by atoms with Crippen LogP contribution < -0.4 is 15.5 Å². The fourth-order valence-corrected chi connectivity index (χ4v) is 3.12. The Labute approximate surface area is 166 Å². The summed E-state index contributed by atoms with van der Waals surface area (Å²) in [6.45, 7) is 6.61. The van der Waals surface area contributed by atoms with Gasteiger partial charge in [0.2, 0.25) is 5.91 Å². The Morgan fingerprint density at radius 1 is 1.04 bits per heavy atom. The topological polar surface area (TPSA) is 72.9 Å². The third-order valence-electron chi connectivity index (χ3n) is 4.63. The maximum atomic E-state index is 12.6. The number of para-hydroxylation sites is 1. The third kappa shape index (κ3) is 5.70. The predicted molar refractivity (Wildman–Crippen MR) is 112 cm³/mol. The molecule has 1 aromatic heterocycles. The molecule has 7 nitrogen and oxygen atoms in total. The van der Waals surface area contributed by atoms with Crippen molar-refractivity contribution in [1.29, 1.82) is 0 Å². The number of carbonyl (C=O) groups is 1. The van der Waals surface area contributed by atoms with Crippen LogP contribution in [0, 0.1) is 0 Å². The highest BCUT2D eigenvalue weighted by Gasteiger charge is 2.21. The first kappa shape index (κ1) is 19.7. The van der Waals surface area contributed by atoms with E-state index in [2.05, 4.69) is 37.6 Å². The Morgan fingerprint density at radius 3 is 2.46 bits per heavy atom. The Morgan fingerprint density at radius 2 is 1.79 bits per heavy atom. The van der Waals surface area contributed by atoms with Crippen LogP contribution in [0.4, 0.5) is 5.69 Å². The number of hydrogen-bond acceptors (Lipinski definition) is 4. The number of pyridine rings is 1. The molecule has 1 aliphatic heterocycles. The summed E-state index contributed by atoms with van der Waals surface area (Å²) in [6.07, 6.45) is 1.75. The van der Waals surface area contributed by atoms with Crippen molar-refractivity contribution in [3.05, 3.63) is 60.4 Å². The van der Waals surface area contributed by atoms with Crippen LogP contribution in [0.1, 0.15) is 12.6 Å². The molecule has 7 heteroatoms. The average Bonchev–Trinajstić information content (AvgIpc) is 2.77. The van der Waals surface area contributed by atoms with Gasteiger partial charge in [0, 0.05) is 44.6 Å². The smallest absolute Gasteiger partial charge is 0.242 e. The molecule has 0 bridgehead atoms. The molecule has 1 saturated heterocycles. The molecule has 28 heavy (non-hydrogen) atoms. The van der Waals surface area contributed by atoms with Gasteiger partial charge in [-0.15, -0.1) is 0 Å². The lowest BCUT2D eigenvalue weighted by Crippen LogP contribution is -2.52. The zero-order valence-corrected chi connectivity index (χ0v) is 16.3. The largest absolute Gasteiger partial charge is 0.368 e. The van der Waals surface area contributed by atoms with Crippen LogP contribution in [0.2, 0.25) is 0 Å². The number of nitrogens with one attached hydrogen (secondary N) is 2. The summed E-state index contributed by atoms with van der Waals surface area (Å²) in [5.41, 5.74) is 2.10. The van der Waals surface area contributed by atoms with Gasteiger partial charge in [-0.3, -0.25) is 9.78 Å². The van der Waals surface area contributed by atoms with Gasteiger partial charge in [0.25, 0.3) is 0 Å². The van der Waals surface area contributed by atoms with E-state index in [4.69, 9.17) is 0 Å². The zero-order valence-electron chi connectivity index (χ0n) is 16.3. The lowest BCUT2D eigenvalue weighted by atomic mass is 10.2. The van der Waals surface area contributed by atoms with Gasteiger partial charge in [0.05, 0.1) is 18.8 Å². The molecule has 2 aromatic rings. The summed E-state index contributed by atoms with van der Waals surface area (Å²) in [5, 5.41) is 6.31. The van der Waals surface area contributed by atoms with Gasteiger partial charge >= 0.3 is 0 Å². The summed E-state index contributed by atoms with van der Waals surface area (Å²) >= 11 is 0. The van der Waals surface area contributed by atoms with Gasteiger partial charge in [0.1, 0.15) is 0 Å². The second kappa shape index (κ2) is 10.3. The molecule has 1 aromatic carbocycles. The molecule has 1 aliphatic rings. The molecular formula is C21H28N6O. The first-order valence-corrected chi connectivity index (χ1v) is 9.76. The van der Waals surface area contributed by atoms with E-state index < -0.39 is 0 Å². The third-order valence-corrected chi connectivity index (χ3v) is 4.63. The molecule has 0 radical (unpaired) electrons. The molecule has 2 heterocycles. The second-order valence-electron chi connectivity index (χ2n) is 6.57. The highest BCUT2D eigenvalue weighted by atomic mass is 16.2. The fourth-order valence-electron chi connectivity index (χ4n) is 3.12. The molecule has 0 aliphatic carbocycles. The van der Waals surface area contributed by atoms with Crippen molar-refractivity contribution in [2.45, 2.75) is 13.5 Å². The van der Waals surface area contributed by atoms with Crippen LogP contribution in [0.3, 0.4) is 0 Å². The Hall–Kier alpha value is -3.09. The SMILES string of the molecule is CCNC(=NCc1ccccn1)NCC(=O)N1CCN(c2ccccc2)CC1. The quantitative estimate of drug-likeness (QED) is 0.587. The summed E-state index contributed by atoms with van der Waals surface area (Å²) in [7, 11) is 0. The van der Waals surface area contributed by atoms with Gasteiger partial charge in [-0.1, -0.05) is 24.3 Å². The molecular weight excluding hydrogens is 352 g/mol. The van der Waals surface area contributed by atoms with Crippen LogP contribution in [0.5, 0.6) is 0 Å². The molecule has 2 N–H and O–H groups in total.